The Hall–Kier alpha value is -2.50. The monoisotopic (exact) mass is 401 g/mol. The van der Waals surface area contributed by atoms with E-state index in [0.717, 1.165) is 16.9 Å². The Balaban J connectivity index is 2.03. The third-order valence-corrected chi connectivity index (χ3v) is 6.25. The van der Waals surface area contributed by atoms with Crippen molar-refractivity contribution in [2.75, 3.05) is 11.4 Å². The Labute approximate surface area is 165 Å². The van der Waals surface area contributed by atoms with E-state index in [1.807, 2.05) is 55.5 Å². The Kier molecular flexibility index (Phi) is 5.73. The smallest absolute Gasteiger partial charge is 0.264 e. The fraction of sp³-hybridized carbons (Fsp3) is 0.143. The van der Waals surface area contributed by atoms with Gasteiger partial charge in [0.15, 0.2) is 0 Å². The molecule has 6 heteroatoms. The molecular weight excluding hydrogens is 382 g/mol. The van der Waals surface area contributed by atoms with E-state index >= 15 is 0 Å². The number of hydrogen-bond acceptors (Lipinski definition) is 3. The van der Waals surface area contributed by atoms with Gasteiger partial charge in [-0.2, -0.15) is 0 Å². The number of rotatable bonds is 6. The van der Waals surface area contributed by atoms with Gasteiger partial charge >= 0.3 is 0 Å². The molecule has 4 nitrogen and oxygen atoms in total. The van der Waals surface area contributed by atoms with Gasteiger partial charge in [0, 0.05) is 5.02 Å². The lowest BCUT2D eigenvalue weighted by Gasteiger charge is -2.25. The molecule has 0 aromatic heterocycles. The summed E-state index contributed by atoms with van der Waals surface area (Å²) >= 11 is 5.91. The lowest BCUT2D eigenvalue weighted by atomic mass is 10.2. The molecule has 0 saturated carbocycles. The van der Waals surface area contributed by atoms with E-state index in [1.54, 1.807) is 19.2 Å². The van der Waals surface area contributed by atoms with Crippen LogP contribution < -0.4 is 9.04 Å². The molecule has 0 saturated heterocycles. The number of halogens is 1. The van der Waals surface area contributed by atoms with E-state index < -0.39 is 10.0 Å². The lowest BCUT2D eigenvalue weighted by Crippen LogP contribution is -2.30. The molecule has 0 aliphatic rings. The highest BCUT2D eigenvalue weighted by atomic mass is 35.5. The molecule has 0 bridgehead atoms. The molecule has 3 aromatic carbocycles. The van der Waals surface area contributed by atoms with Gasteiger partial charge in [-0.15, -0.1) is 0 Å². The fourth-order valence-corrected chi connectivity index (χ4v) is 4.24. The van der Waals surface area contributed by atoms with Crippen molar-refractivity contribution in [2.45, 2.75) is 18.4 Å². The second kappa shape index (κ2) is 8.03. The summed E-state index contributed by atoms with van der Waals surface area (Å²) in [7, 11) is -2.16. The third-order valence-electron chi connectivity index (χ3n) is 4.21. The van der Waals surface area contributed by atoms with Gasteiger partial charge in [-0.25, -0.2) is 8.42 Å². The SMILES string of the molecule is COc1ccc(CN(c2ccc(C)cc2)S(=O)(=O)c2ccc(Cl)cc2)cc1. The maximum absolute atomic E-state index is 13.3. The Morgan fingerprint density at radius 2 is 1.48 bits per heavy atom. The van der Waals surface area contributed by atoms with Gasteiger partial charge in [-0.05, 0) is 61.0 Å². The van der Waals surface area contributed by atoms with Gasteiger partial charge in [0.1, 0.15) is 5.75 Å². The van der Waals surface area contributed by atoms with Crippen LogP contribution in [-0.2, 0) is 16.6 Å². The predicted octanol–water partition coefficient (Wildman–Crippen LogP) is 5.05. The van der Waals surface area contributed by atoms with Gasteiger partial charge in [-0.3, -0.25) is 4.31 Å². The average molecular weight is 402 g/mol. The van der Waals surface area contributed by atoms with Gasteiger partial charge < -0.3 is 4.74 Å². The maximum Gasteiger partial charge on any atom is 0.264 e. The minimum absolute atomic E-state index is 0.195. The van der Waals surface area contributed by atoms with E-state index in [9.17, 15) is 8.42 Å². The molecule has 0 unspecified atom stereocenters. The molecule has 0 aliphatic carbocycles. The van der Waals surface area contributed by atoms with E-state index in [1.165, 1.54) is 16.4 Å². The summed E-state index contributed by atoms with van der Waals surface area (Å²) < 4.78 is 33.2. The standard InChI is InChI=1S/C21H20ClNO3S/c1-16-3-9-19(10-4-16)23(15-17-5-11-20(26-2)12-6-17)27(24,25)21-13-7-18(22)8-14-21/h3-14H,15H2,1-2H3. The average Bonchev–Trinajstić information content (AvgIpc) is 2.68. The van der Waals surface area contributed by atoms with Crippen LogP contribution in [0.2, 0.25) is 5.02 Å². The summed E-state index contributed by atoms with van der Waals surface area (Å²) in [6.07, 6.45) is 0. The largest absolute Gasteiger partial charge is 0.497 e. The first-order valence-electron chi connectivity index (χ1n) is 8.38. The van der Waals surface area contributed by atoms with Gasteiger partial charge in [0.2, 0.25) is 0 Å². The summed E-state index contributed by atoms with van der Waals surface area (Å²) in [4.78, 5) is 0.195. The van der Waals surface area contributed by atoms with Crippen molar-refractivity contribution >= 4 is 27.3 Å². The van der Waals surface area contributed by atoms with Crippen LogP contribution in [0.5, 0.6) is 5.75 Å². The molecule has 3 rings (SSSR count). The molecule has 0 radical (unpaired) electrons. The van der Waals surface area contributed by atoms with Gasteiger partial charge in [0.05, 0.1) is 24.2 Å². The zero-order chi connectivity index (χ0) is 19.4. The van der Waals surface area contributed by atoms with E-state index in [4.69, 9.17) is 16.3 Å². The third kappa shape index (κ3) is 4.43. The summed E-state index contributed by atoms with van der Waals surface area (Å²) in [5, 5.41) is 0.492. The molecular formula is C21H20ClNO3S. The summed E-state index contributed by atoms with van der Waals surface area (Å²) in [5.74, 6) is 0.723. The van der Waals surface area contributed by atoms with E-state index in [2.05, 4.69) is 0 Å². The molecule has 27 heavy (non-hydrogen) atoms. The molecule has 0 spiro atoms. The van der Waals surface area contributed by atoms with Crippen LogP contribution in [0.1, 0.15) is 11.1 Å². The van der Waals surface area contributed by atoms with Crippen LogP contribution in [0.25, 0.3) is 0 Å². The Morgan fingerprint density at radius 3 is 2.04 bits per heavy atom. The molecule has 0 atom stereocenters. The van der Waals surface area contributed by atoms with Crippen LogP contribution in [-0.4, -0.2) is 15.5 Å². The molecule has 0 N–H and O–H groups in total. The molecule has 0 aliphatic heterocycles. The topological polar surface area (TPSA) is 46.6 Å². The van der Waals surface area contributed by atoms with Crippen LogP contribution in [0, 0.1) is 6.92 Å². The second-order valence-electron chi connectivity index (χ2n) is 6.15. The van der Waals surface area contributed by atoms with Crippen molar-refractivity contribution in [2.24, 2.45) is 0 Å². The van der Waals surface area contributed by atoms with Crippen molar-refractivity contribution in [3.05, 3.63) is 88.9 Å². The normalized spacial score (nSPS) is 11.2. The van der Waals surface area contributed by atoms with Crippen molar-refractivity contribution < 1.29 is 13.2 Å². The predicted molar refractivity (Wildman–Crippen MR) is 109 cm³/mol. The molecule has 0 fully saturated rings. The van der Waals surface area contributed by atoms with Crippen LogP contribution >= 0.6 is 11.6 Å². The number of sulfonamides is 1. The van der Waals surface area contributed by atoms with Crippen LogP contribution in [0.3, 0.4) is 0 Å². The first-order valence-corrected chi connectivity index (χ1v) is 10.2. The zero-order valence-electron chi connectivity index (χ0n) is 15.1. The summed E-state index contributed by atoms with van der Waals surface area (Å²) in [6, 6.07) is 21.0. The molecule has 140 valence electrons. The highest BCUT2D eigenvalue weighted by Gasteiger charge is 2.25. The molecule has 0 amide bonds. The van der Waals surface area contributed by atoms with Crippen molar-refractivity contribution in [1.82, 2.24) is 0 Å². The number of ether oxygens (including phenoxy) is 1. The highest BCUT2D eigenvalue weighted by molar-refractivity contribution is 7.92. The lowest BCUT2D eigenvalue weighted by molar-refractivity contribution is 0.414. The second-order valence-corrected chi connectivity index (χ2v) is 8.45. The van der Waals surface area contributed by atoms with Gasteiger partial charge in [0.25, 0.3) is 10.0 Å². The van der Waals surface area contributed by atoms with E-state index in [-0.39, 0.29) is 11.4 Å². The number of benzene rings is 3. The first-order chi connectivity index (χ1) is 12.9. The van der Waals surface area contributed by atoms with Gasteiger partial charge in [-0.1, -0.05) is 41.4 Å². The molecule has 0 heterocycles. The van der Waals surface area contributed by atoms with Crippen LogP contribution in [0.4, 0.5) is 5.69 Å². The number of aryl methyl sites for hydroxylation is 1. The first kappa shape index (κ1) is 19.3. The molecule has 3 aromatic rings. The van der Waals surface area contributed by atoms with Crippen molar-refractivity contribution in [3.8, 4) is 5.75 Å². The van der Waals surface area contributed by atoms with Crippen molar-refractivity contribution in [1.29, 1.82) is 0 Å². The maximum atomic E-state index is 13.3. The minimum Gasteiger partial charge on any atom is -0.497 e. The fourth-order valence-electron chi connectivity index (χ4n) is 2.66. The number of hydrogen-bond donors (Lipinski definition) is 0. The quantitative estimate of drug-likeness (QED) is 0.580. The number of anilines is 1. The summed E-state index contributed by atoms with van der Waals surface area (Å²) in [6.45, 7) is 2.17. The zero-order valence-corrected chi connectivity index (χ0v) is 16.7. The number of methoxy groups -OCH3 is 1. The van der Waals surface area contributed by atoms with Crippen LogP contribution in [0.15, 0.2) is 77.7 Å². The number of nitrogens with zero attached hydrogens (tertiary/aromatic N) is 1. The van der Waals surface area contributed by atoms with E-state index in [0.29, 0.717) is 10.7 Å². The highest BCUT2D eigenvalue weighted by Crippen LogP contribution is 2.27. The minimum atomic E-state index is -3.75. The van der Waals surface area contributed by atoms with Crippen molar-refractivity contribution in [3.63, 3.8) is 0 Å². The Bertz CT molecular complexity index is 999. The Morgan fingerprint density at radius 1 is 0.889 bits per heavy atom. The summed E-state index contributed by atoms with van der Waals surface area (Å²) in [5.41, 5.74) is 2.52.